The van der Waals surface area contributed by atoms with E-state index in [0.29, 0.717) is 43.4 Å². The maximum absolute atomic E-state index is 14.1. The summed E-state index contributed by atoms with van der Waals surface area (Å²) in [6.45, 7) is 1.99. The van der Waals surface area contributed by atoms with Crippen molar-refractivity contribution in [3.8, 4) is 11.5 Å². The van der Waals surface area contributed by atoms with Gasteiger partial charge in [0.15, 0.2) is 4.80 Å². The van der Waals surface area contributed by atoms with Gasteiger partial charge in [0.2, 0.25) is 0 Å². The Morgan fingerprint density at radius 1 is 0.957 bits per heavy atom. The maximum Gasteiger partial charge on any atom is 0.335 e. The predicted molar refractivity (Wildman–Crippen MR) is 176 cm³/mol. The second-order valence-electron chi connectivity index (χ2n) is 10.5. The molecule has 2 heterocycles. The number of amides is 1. The molecule has 1 aliphatic rings. The van der Waals surface area contributed by atoms with E-state index in [4.69, 9.17) is 19.6 Å². The van der Waals surface area contributed by atoms with Crippen molar-refractivity contribution in [2.24, 2.45) is 4.99 Å². The molecule has 0 saturated carbocycles. The molecule has 0 unspecified atom stereocenters. The number of aromatic nitrogens is 1. The molecule has 2 N–H and O–H groups in total. The van der Waals surface area contributed by atoms with E-state index in [1.54, 1.807) is 61.1 Å². The molecule has 9 nitrogen and oxygen atoms in total. The van der Waals surface area contributed by atoms with E-state index in [1.807, 2.05) is 54.6 Å². The first-order chi connectivity index (χ1) is 22.3. The van der Waals surface area contributed by atoms with Crippen molar-refractivity contribution in [2.75, 3.05) is 12.4 Å². The number of methoxy groups -OCH3 is 1. The van der Waals surface area contributed by atoms with E-state index in [-0.39, 0.29) is 23.6 Å². The van der Waals surface area contributed by atoms with E-state index in [2.05, 4.69) is 5.32 Å². The number of carboxylic acids is 1. The molecular weight excluding hydrogens is 602 g/mol. The lowest BCUT2D eigenvalue weighted by molar-refractivity contribution is -0.113. The molecule has 0 aliphatic carbocycles. The summed E-state index contributed by atoms with van der Waals surface area (Å²) in [5.74, 6) is -0.131. The number of nitrogens with zero attached hydrogens (tertiary/aromatic N) is 2. The number of thiazole rings is 1. The van der Waals surface area contributed by atoms with Crippen LogP contribution in [0.15, 0.2) is 124 Å². The summed E-state index contributed by atoms with van der Waals surface area (Å²) >= 11 is 1.24. The Labute approximate surface area is 268 Å². The molecule has 5 aromatic rings. The van der Waals surface area contributed by atoms with Crippen LogP contribution in [0.3, 0.4) is 0 Å². The molecule has 1 amide bonds. The monoisotopic (exact) mass is 631 g/mol. The molecule has 0 saturated heterocycles. The number of nitrogens with one attached hydrogen (secondary N) is 1. The number of aromatic carboxylic acids is 1. The van der Waals surface area contributed by atoms with Crippen LogP contribution in [0.5, 0.6) is 11.5 Å². The summed E-state index contributed by atoms with van der Waals surface area (Å²) < 4.78 is 13.4. The maximum atomic E-state index is 14.1. The van der Waals surface area contributed by atoms with E-state index < -0.39 is 12.0 Å². The lowest BCUT2D eigenvalue weighted by atomic mass is 9.95. The van der Waals surface area contributed by atoms with Crippen molar-refractivity contribution >= 4 is 35.0 Å². The van der Waals surface area contributed by atoms with Gasteiger partial charge < -0.3 is 19.9 Å². The zero-order valence-electron chi connectivity index (χ0n) is 25.0. The molecule has 0 bridgehead atoms. The number of carboxylic acid groups (broad SMARTS) is 1. The number of benzene rings is 4. The van der Waals surface area contributed by atoms with Gasteiger partial charge in [0.05, 0.1) is 34.5 Å². The van der Waals surface area contributed by atoms with Crippen LogP contribution in [0.25, 0.3) is 6.08 Å². The predicted octanol–water partition coefficient (Wildman–Crippen LogP) is 5.16. The smallest absolute Gasteiger partial charge is 0.335 e. The van der Waals surface area contributed by atoms with Gasteiger partial charge in [0, 0.05) is 11.3 Å². The highest BCUT2D eigenvalue weighted by Gasteiger charge is 2.32. The summed E-state index contributed by atoms with van der Waals surface area (Å²) in [6, 6.07) is 29.5. The van der Waals surface area contributed by atoms with E-state index in [1.165, 1.54) is 23.5 Å². The summed E-state index contributed by atoms with van der Waals surface area (Å²) in [4.78, 5) is 44.3. The third-order valence-corrected chi connectivity index (χ3v) is 8.51. The van der Waals surface area contributed by atoms with E-state index in [0.717, 1.165) is 11.1 Å². The number of carbonyl (C=O) groups excluding carboxylic acids is 1. The Bertz CT molecular complexity index is 2130. The SMILES string of the molecule is COc1ccc([C@H]2C(C(=O)Nc3ccccc3)=C(C)N=c3s/c(=C/c4ccccc4OCc4ccc(C(=O)O)cc4)c(=O)n32)cc1. The Kier molecular flexibility index (Phi) is 8.62. The molecule has 0 radical (unpaired) electrons. The highest BCUT2D eigenvalue weighted by atomic mass is 32.1. The first kappa shape index (κ1) is 30.3. The number of fused-ring (bicyclic) bond motifs is 1. The summed E-state index contributed by atoms with van der Waals surface area (Å²) in [5, 5.41) is 12.1. The fourth-order valence-corrected chi connectivity index (χ4v) is 6.25. The number of allylic oxidation sites excluding steroid dienone is 1. The van der Waals surface area contributed by atoms with Gasteiger partial charge in [0.25, 0.3) is 11.5 Å². The highest BCUT2D eigenvalue weighted by molar-refractivity contribution is 7.07. The quantitative estimate of drug-likeness (QED) is 0.232. The van der Waals surface area contributed by atoms with Crippen molar-refractivity contribution in [1.82, 2.24) is 4.57 Å². The average molecular weight is 632 g/mol. The van der Waals surface area contributed by atoms with Gasteiger partial charge in [0.1, 0.15) is 18.1 Å². The number of hydrogen-bond donors (Lipinski definition) is 2. The van der Waals surface area contributed by atoms with Crippen molar-refractivity contribution in [3.05, 3.63) is 156 Å². The van der Waals surface area contributed by atoms with Gasteiger partial charge in [-0.15, -0.1) is 0 Å². The summed E-state index contributed by atoms with van der Waals surface area (Å²) in [5.41, 5.74) is 3.64. The first-order valence-electron chi connectivity index (χ1n) is 14.4. The van der Waals surface area contributed by atoms with E-state index in [9.17, 15) is 14.4 Å². The van der Waals surface area contributed by atoms with Crippen LogP contribution >= 0.6 is 11.3 Å². The van der Waals surface area contributed by atoms with Crippen molar-refractivity contribution < 1.29 is 24.2 Å². The molecule has 1 atom stereocenters. The molecular formula is C36H29N3O6S. The van der Waals surface area contributed by atoms with Gasteiger partial charge in [-0.3, -0.25) is 14.2 Å². The number of ether oxygens (including phenoxy) is 2. The second-order valence-corrected chi connectivity index (χ2v) is 11.5. The van der Waals surface area contributed by atoms with Gasteiger partial charge in [-0.1, -0.05) is 72.0 Å². The molecule has 0 fully saturated rings. The van der Waals surface area contributed by atoms with Crippen LogP contribution in [0.1, 0.15) is 40.0 Å². The lowest BCUT2D eigenvalue weighted by Gasteiger charge is -2.25. The third kappa shape index (κ3) is 6.24. The molecule has 230 valence electrons. The van der Waals surface area contributed by atoms with Crippen LogP contribution in [0.2, 0.25) is 0 Å². The zero-order valence-corrected chi connectivity index (χ0v) is 25.8. The molecule has 4 aromatic carbocycles. The largest absolute Gasteiger partial charge is 0.497 e. The normalized spacial score (nSPS) is 14.3. The molecule has 1 aliphatic heterocycles. The van der Waals surface area contributed by atoms with E-state index >= 15 is 0 Å². The Morgan fingerprint density at radius 3 is 2.35 bits per heavy atom. The minimum absolute atomic E-state index is 0.198. The number of hydrogen-bond acceptors (Lipinski definition) is 7. The second kappa shape index (κ2) is 13.1. The van der Waals surface area contributed by atoms with Crippen molar-refractivity contribution in [3.63, 3.8) is 0 Å². The fourth-order valence-electron chi connectivity index (χ4n) is 5.21. The Balaban J connectivity index is 1.39. The van der Waals surface area contributed by atoms with Crippen LogP contribution in [-0.4, -0.2) is 28.7 Å². The van der Waals surface area contributed by atoms with Crippen LogP contribution in [0, 0.1) is 0 Å². The fraction of sp³-hybridized carbons (Fsp3) is 0.111. The van der Waals surface area contributed by atoms with Crippen LogP contribution in [0.4, 0.5) is 5.69 Å². The minimum Gasteiger partial charge on any atom is -0.497 e. The summed E-state index contributed by atoms with van der Waals surface area (Å²) in [6.07, 6.45) is 1.76. The van der Waals surface area contributed by atoms with Gasteiger partial charge in [-0.2, -0.15) is 0 Å². The molecule has 46 heavy (non-hydrogen) atoms. The zero-order chi connectivity index (χ0) is 32.2. The topological polar surface area (TPSA) is 119 Å². The molecule has 6 rings (SSSR count). The van der Waals surface area contributed by atoms with Gasteiger partial charge >= 0.3 is 5.97 Å². The van der Waals surface area contributed by atoms with Crippen LogP contribution in [-0.2, 0) is 11.4 Å². The average Bonchev–Trinajstić information content (AvgIpc) is 3.37. The Morgan fingerprint density at radius 2 is 1.65 bits per heavy atom. The number of anilines is 1. The summed E-state index contributed by atoms with van der Waals surface area (Å²) in [7, 11) is 1.58. The molecule has 10 heteroatoms. The standard InChI is InChI=1S/C36H29N3O6S/c1-22-31(33(40)38-27-9-4-3-5-10-27)32(24-16-18-28(44-2)19-17-24)39-34(41)30(46-36(39)37-22)20-26-8-6-7-11-29(26)45-21-23-12-14-25(15-13-23)35(42)43/h3-20,32H,21H2,1-2H3,(H,38,40)(H,42,43)/b30-20+/t32-/m0/s1. The number of para-hydroxylation sites is 2. The lowest BCUT2D eigenvalue weighted by Crippen LogP contribution is -2.40. The highest BCUT2D eigenvalue weighted by Crippen LogP contribution is 2.32. The molecule has 1 aromatic heterocycles. The van der Waals surface area contributed by atoms with Crippen molar-refractivity contribution in [2.45, 2.75) is 19.6 Å². The van der Waals surface area contributed by atoms with Gasteiger partial charge in [-0.05, 0) is 66.6 Å². The first-order valence-corrected chi connectivity index (χ1v) is 15.2. The van der Waals surface area contributed by atoms with Crippen LogP contribution < -0.4 is 29.7 Å². The molecule has 0 spiro atoms. The number of rotatable bonds is 9. The van der Waals surface area contributed by atoms with Crippen molar-refractivity contribution in [1.29, 1.82) is 0 Å². The van der Waals surface area contributed by atoms with Gasteiger partial charge in [-0.25, -0.2) is 9.79 Å². The Hall–Kier alpha value is -5.74. The third-order valence-electron chi connectivity index (χ3n) is 7.53. The minimum atomic E-state index is -0.993. The number of carbonyl (C=O) groups is 2.